The number of amides is 1. The number of hydrogen-bond acceptors (Lipinski definition) is 4. The molecule has 4 aromatic rings. The van der Waals surface area contributed by atoms with E-state index in [1.54, 1.807) is 6.20 Å². The molecule has 0 spiro atoms. The van der Waals surface area contributed by atoms with Crippen LogP contribution >= 0.6 is 11.3 Å². The third-order valence-electron chi connectivity index (χ3n) is 3.37. The van der Waals surface area contributed by atoms with Gasteiger partial charge in [0, 0.05) is 5.56 Å². The van der Waals surface area contributed by atoms with E-state index in [0.29, 0.717) is 10.8 Å². The normalized spacial score (nSPS) is 10.8. The molecule has 23 heavy (non-hydrogen) atoms. The summed E-state index contributed by atoms with van der Waals surface area (Å²) in [5.41, 5.74) is 2.70. The highest BCUT2D eigenvalue weighted by atomic mass is 32.1. The number of carbonyl (C=O) groups is 1. The van der Waals surface area contributed by atoms with Crippen molar-refractivity contribution in [3.63, 3.8) is 0 Å². The van der Waals surface area contributed by atoms with E-state index in [1.165, 1.54) is 11.3 Å². The number of aromatic nitrogens is 3. The van der Waals surface area contributed by atoms with Gasteiger partial charge >= 0.3 is 0 Å². The first-order chi connectivity index (χ1) is 11.3. The molecule has 0 unspecified atom stereocenters. The van der Waals surface area contributed by atoms with E-state index in [-0.39, 0.29) is 5.91 Å². The Bertz CT molecular complexity index is 941. The summed E-state index contributed by atoms with van der Waals surface area (Å²) in [6, 6.07) is 17.4. The number of hydrogen-bond donors (Lipinski definition) is 2. The summed E-state index contributed by atoms with van der Waals surface area (Å²) in [6.45, 7) is 0. The molecule has 0 bridgehead atoms. The number of imidazole rings is 1. The van der Waals surface area contributed by atoms with Crippen LogP contribution in [-0.2, 0) is 0 Å². The van der Waals surface area contributed by atoms with Gasteiger partial charge in [-0.3, -0.25) is 10.1 Å². The molecule has 2 N–H and O–H groups in total. The molecule has 2 heterocycles. The van der Waals surface area contributed by atoms with Gasteiger partial charge in [-0.05, 0) is 12.1 Å². The number of anilines is 1. The molecule has 0 aliphatic heterocycles. The average molecular weight is 320 g/mol. The number of nitrogens with one attached hydrogen (secondary N) is 2. The summed E-state index contributed by atoms with van der Waals surface area (Å²) in [4.78, 5) is 24.6. The highest BCUT2D eigenvalue weighted by Gasteiger charge is 2.13. The zero-order valence-corrected chi connectivity index (χ0v) is 12.8. The van der Waals surface area contributed by atoms with Crippen LogP contribution < -0.4 is 5.32 Å². The van der Waals surface area contributed by atoms with Crippen molar-refractivity contribution in [2.24, 2.45) is 0 Å². The first-order valence-corrected chi connectivity index (χ1v) is 7.88. The van der Waals surface area contributed by atoms with Gasteiger partial charge in [0.05, 0.1) is 17.2 Å². The summed E-state index contributed by atoms with van der Waals surface area (Å²) in [6.07, 6.45) is 1.59. The lowest BCUT2D eigenvalue weighted by atomic mass is 10.2. The maximum absolute atomic E-state index is 12.3. The third kappa shape index (κ3) is 2.72. The van der Waals surface area contributed by atoms with Crippen molar-refractivity contribution in [3.8, 4) is 10.6 Å². The summed E-state index contributed by atoms with van der Waals surface area (Å²) < 4.78 is 0. The summed E-state index contributed by atoms with van der Waals surface area (Å²) in [5.74, 6) is 0.217. The van der Waals surface area contributed by atoms with Crippen LogP contribution in [0.4, 0.5) is 5.95 Å². The Kier molecular flexibility index (Phi) is 3.36. The number of nitrogens with zero attached hydrogens (tertiary/aromatic N) is 2. The molecule has 0 saturated carbocycles. The predicted octanol–water partition coefficient (Wildman–Crippen LogP) is 3.94. The Balaban J connectivity index is 1.56. The van der Waals surface area contributed by atoms with Crippen molar-refractivity contribution in [2.75, 3.05) is 5.32 Å². The fourth-order valence-corrected chi connectivity index (χ4v) is 3.09. The van der Waals surface area contributed by atoms with E-state index in [4.69, 9.17) is 0 Å². The number of aromatic amines is 1. The molecule has 5 nitrogen and oxygen atoms in total. The van der Waals surface area contributed by atoms with Crippen molar-refractivity contribution in [2.45, 2.75) is 0 Å². The van der Waals surface area contributed by atoms with Crippen molar-refractivity contribution >= 4 is 34.2 Å². The second-order valence-corrected chi connectivity index (χ2v) is 5.98. The predicted molar refractivity (Wildman–Crippen MR) is 91.6 cm³/mol. The van der Waals surface area contributed by atoms with Crippen molar-refractivity contribution < 1.29 is 4.79 Å². The van der Waals surface area contributed by atoms with Gasteiger partial charge in [-0.1, -0.05) is 42.5 Å². The van der Waals surface area contributed by atoms with Crippen LogP contribution in [0.1, 0.15) is 9.67 Å². The van der Waals surface area contributed by atoms with E-state index in [9.17, 15) is 4.79 Å². The zero-order valence-electron chi connectivity index (χ0n) is 12.0. The maximum Gasteiger partial charge on any atom is 0.269 e. The third-order valence-corrected chi connectivity index (χ3v) is 4.42. The largest absolute Gasteiger partial charge is 0.324 e. The molecule has 2 aromatic carbocycles. The molecule has 112 valence electrons. The smallest absolute Gasteiger partial charge is 0.269 e. The number of H-pyrrole nitrogens is 1. The molecule has 0 fully saturated rings. The van der Waals surface area contributed by atoms with Crippen molar-refractivity contribution in [1.82, 2.24) is 15.0 Å². The number of carbonyl (C=O) groups excluding carboxylic acids is 1. The summed E-state index contributed by atoms with van der Waals surface area (Å²) >= 11 is 1.36. The maximum atomic E-state index is 12.3. The number of rotatable bonds is 3. The second kappa shape index (κ2) is 5.66. The summed E-state index contributed by atoms with van der Waals surface area (Å²) in [7, 11) is 0. The van der Waals surface area contributed by atoms with E-state index >= 15 is 0 Å². The minimum Gasteiger partial charge on any atom is -0.324 e. The Morgan fingerprint density at radius 1 is 1.04 bits per heavy atom. The van der Waals surface area contributed by atoms with Crippen molar-refractivity contribution in [1.29, 1.82) is 0 Å². The number of benzene rings is 2. The second-order valence-electron chi connectivity index (χ2n) is 4.95. The van der Waals surface area contributed by atoms with Crippen LogP contribution in [0.5, 0.6) is 0 Å². The SMILES string of the molecule is O=C(Nc1nc2ccccc2[nH]1)c1cnc(-c2ccccc2)s1. The van der Waals surface area contributed by atoms with Gasteiger partial charge in [-0.25, -0.2) is 9.97 Å². The molecular formula is C17H12N4OS. The monoisotopic (exact) mass is 320 g/mol. The van der Waals surface area contributed by atoms with E-state index in [1.807, 2.05) is 54.6 Å². The Morgan fingerprint density at radius 3 is 2.65 bits per heavy atom. The molecule has 0 saturated heterocycles. The zero-order chi connectivity index (χ0) is 15.6. The lowest BCUT2D eigenvalue weighted by Gasteiger charge is -1.97. The number of thiazole rings is 1. The van der Waals surface area contributed by atoms with Crippen LogP contribution in [0.15, 0.2) is 60.8 Å². The Hall–Kier alpha value is -2.99. The standard InChI is InChI=1S/C17H12N4OS/c22-15(21-17-19-12-8-4-5-9-13(12)20-17)14-10-18-16(23-14)11-6-2-1-3-7-11/h1-10H,(H2,19,20,21,22). The van der Waals surface area contributed by atoms with Crippen LogP contribution in [-0.4, -0.2) is 20.9 Å². The van der Waals surface area contributed by atoms with Gasteiger partial charge < -0.3 is 4.98 Å². The lowest BCUT2D eigenvalue weighted by Crippen LogP contribution is -2.11. The van der Waals surface area contributed by atoms with Crippen LogP contribution in [0.3, 0.4) is 0 Å². The molecular weight excluding hydrogens is 308 g/mol. The molecule has 0 aliphatic carbocycles. The highest BCUT2D eigenvalue weighted by Crippen LogP contribution is 2.25. The first kappa shape index (κ1) is 13.7. The minimum atomic E-state index is -0.219. The average Bonchev–Trinajstić information content (AvgIpc) is 3.22. The molecule has 1 amide bonds. The van der Waals surface area contributed by atoms with Crippen LogP contribution in [0, 0.1) is 0 Å². The molecule has 4 rings (SSSR count). The lowest BCUT2D eigenvalue weighted by molar-refractivity contribution is 0.102. The molecule has 6 heteroatoms. The van der Waals surface area contributed by atoms with Gasteiger partial charge in [0.15, 0.2) is 0 Å². The Labute approximate surface area is 136 Å². The summed E-state index contributed by atoms with van der Waals surface area (Å²) in [5, 5.41) is 3.60. The van der Waals surface area contributed by atoms with Crippen LogP contribution in [0.25, 0.3) is 21.6 Å². The minimum absolute atomic E-state index is 0.219. The van der Waals surface area contributed by atoms with E-state index in [0.717, 1.165) is 21.6 Å². The topological polar surface area (TPSA) is 70.7 Å². The van der Waals surface area contributed by atoms with E-state index in [2.05, 4.69) is 20.3 Å². The fourth-order valence-electron chi connectivity index (χ4n) is 2.27. The van der Waals surface area contributed by atoms with E-state index < -0.39 is 0 Å². The highest BCUT2D eigenvalue weighted by molar-refractivity contribution is 7.17. The van der Waals surface area contributed by atoms with Gasteiger partial charge in [0.1, 0.15) is 9.88 Å². The first-order valence-electron chi connectivity index (χ1n) is 7.07. The van der Waals surface area contributed by atoms with Crippen LogP contribution in [0.2, 0.25) is 0 Å². The van der Waals surface area contributed by atoms with Gasteiger partial charge in [-0.2, -0.15) is 0 Å². The fraction of sp³-hybridized carbons (Fsp3) is 0. The van der Waals surface area contributed by atoms with Gasteiger partial charge in [0.25, 0.3) is 5.91 Å². The van der Waals surface area contributed by atoms with Crippen molar-refractivity contribution in [3.05, 3.63) is 65.7 Å². The Morgan fingerprint density at radius 2 is 1.83 bits per heavy atom. The van der Waals surface area contributed by atoms with Gasteiger partial charge in [-0.15, -0.1) is 11.3 Å². The molecule has 0 radical (unpaired) electrons. The number of fused-ring (bicyclic) bond motifs is 1. The quantitative estimate of drug-likeness (QED) is 0.600. The number of para-hydroxylation sites is 2. The molecule has 0 aliphatic rings. The van der Waals surface area contributed by atoms with Gasteiger partial charge in [0.2, 0.25) is 5.95 Å². The molecule has 2 aromatic heterocycles. The molecule has 0 atom stereocenters.